The van der Waals surface area contributed by atoms with Crippen LogP contribution in [0.1, 0.15) is 110 Å². The molecule has 2 heteroatoms. The predicted octanol–water partition coefficient (Wildman–Crippen LogP) is 6.65. The number of hydrogen-bond acceptors (Lipinski definition) is 1. The number of nitrogens with zero attached hydrogens (tertiary/aromatic N) is 1. The van der Waals surface area contributed by atoms with E-state index < -0.39 is 0 Å². The standard InChI is InChI=1S/C22H41NO/c1-2-3-4-5-6-7-8-9-10-11-12-13-14-15-16-19-22(24)23-20-17-18-21-23/h10-11H,2-9,12-21H2,1H3/b11-10+. The summed E-state index contributed by atoms with van der Waals surface area (Å²) in [5.41, 5.74) is 0. The molecule has 1 rings (SSSR count). The molecule has 1 saturated heterocycles. The summed E-state index contributed by atoms with van der Waals surface area (Å²) >= 11 is 0. The SMILES string of the molecule is CCCCCCCCC/C=C/CCCCCCC(=O)N1CCCC1. The Bertz CT molecular complexity index is 318. The molecule has 2 nitrogen and oxygen atoms in total. The number of likely N-dealkylation sites (tertiary alicyclic amines) is 1. The molecule has 0 atom stereocenters. The average Bonchev–Trinajstić information content (AvgIpc) is 3.13. The zero-order valence-corrected chi connectivity index (χ0v) is 16.2. The molecule has 1 heterocycles. The Morgan fingerprint density at radius 1 is 0.750 bits per heavy atom. The second kappa shape index (κ2) is 15.7. The minimum atomic E-state index is 0.391. The normalized spacial score (nSPS) is 14.8. The van der Waals surface area contributed by atoms with Crippen LogP contribution in [0.2, 0.25) is 0 Å². The van der Waals surface area contributed by atoms with Crippen molar-refractivity contribution in [1.82, 2.24) is 4.90 Å². The Morgan fingerprint density at radius 3 is 1.83 bits per heavy atom. The van der Waals surface area contributed by atoms with E-state index in [0.717, 1.165) is 25.9 Å². The van der Waals surface area contributed by atoms with Crippen LogP contribution in [-0.2, 0) is 4.79 Å². The molecule has 0 aromatic carbocycles. The fourth-order valence-electron chi connectivity index (χ4n) is 3.47. The Labute approximate surface area is 151 Å². The molecule has 0 bridgehead atoms. The Balaban J connectivity index is 1.77. The molecule has 1 aliphatic heterocycles. The molecule has 0 aromatic heterocycles. The lowest BCUT2D eigenvalue weighted by Crippen LogP contribution is -2.27. The summed E-state index contributed by atoms with van der Waals surface area (Å²) in [7, 11) is 0. The number of allylic oxidation sites excluding steroid dienone is 2. The van der Waals surface area contributed by atoms with Gasteiger partial charge >= 0.3 is 0 Å². The van der Waals surface area contributed by atoms with Crippen molar-refractivity contribution in [3.8, 4) is 0 Å². The van der Waals surface area contributed by atoms with Gasteiger partial charge in [-0.1, -0.05) is 70.4 Å². The average molecular weight is 336 g/mol. The fourth-order valence-corrected chi connectivity index (χ4v) is 3.47. The first-order valence-electron chi connectivity index (χ1n) is 10.8. The first-order chi connectivity index (χ1) is 11.8. The number of carbonyl (C=O) groups is 1. The summed E-state index contributed by atoms with van der Waals surface area (Å²) in [5, 5.41) is 0. The van der Waals surface area contributed by atoms with Gasteiger partial charge in [0.15, 0.2) is 0 Å². The number of carbonyl (C=O) groups excluding carboxylic acids is 1. The number of rotatable bonds is 15. The summed E-state index contributed by atoms with van der Waals surface area (Å²) in [6.07, 6.45) is 25.1. The van der Waals surface area contributed by atoms with Crippen molar-refractivity contribution < 1.29 is 4.79 Å². The van der Waals surface area contributed by atoms with Crippen LogP contribution in [0.15, 0.2) is 12.2 Å². The van der Waals surface area contributed by atoms with E-state index in [1.807, 2.05) is 4.90 Å². The summed E-state index contributed by atoms with van der Waals surface area (Å²) in [6, 6.07) is 0. The molecule has 0 saturated carbocycles. The molecule has 1 amide bonds. The highest BCUT2D eigenvalue weighted by atomic mass is 16.2. The molecule has 0 unspecified atom stereocenters. The second-order valence-electron chi connectivity index (χ2n) is 7.42. The van der Waals surface area contributed by atoms with E-state index in [-0.39, 0.29) is 0 Å². The molecule has 0 spiro atoms. The predicted molar refractivity (Wildman–Crippen MR) is 105 cm³/mol. The smallest absolute Gasteiger partial charge is 0.222 e. The molecule has 0 radical (unpaired) electrons. The van der Waals surface area contributed by atoms with E-state index in [2.05, 4.69) is 19.1 Å². The van der Waals surface area contributed by atoms with Crippen LogP contribution in [0.5, 0.6) is 0 Å². The zero-order chi connectivity index (χ0) is 17.3. The first-order valence-corrected chi connectivity index (χ1v) is 10.8. The second-order valence-corrected chi connectivity index (χ2v) is 7.42. The molecule has 0 N–H and O–H groups in total. The van der Waals surface area contributed by atoms with Crippen LogP contribution in [0, 0.1) is 0 Å². The van der Waals surface area contributed by atoms with E-state index in [1.165, 1.54) is 89.9 Å². The quantitative estimate of drug-likeness (QED) is 0.242. The van der Waals surface area contributed by atoms with Gasteiger partial charge in [-0.05, 0) is 44.9 Å². The Hall–Kier alpha value is -0.790. The highest BCUT2D eigenvalue weighted by molar-refractivity contribution is 5.76. The Morgan fingerprint density at radius 2 is 1.25 bits per heavy atom. The first kappa shape index (κ1) is 21.3. The number of unbranched alkanes of at least 4 members (excludes halogenated alkanes) is 11. The lowest BCUT2D eigenvalue weighted by Gasteiger charge is -2.14. The molecular formula is C22H41NO. The van der Waals surface area contributed by atoms with E-state index in [0.29, 0.717) is 5.91 Å². The van der Waals surface area contributed by atoms with Crippen molar-refractivity contribution in [2.75, 3.05) is 13.1 Å². The van der Waals surface area contributed by atoms with E-state index >= 15 is 0 Å². The van der Waals surface area contributed by atoms with Crippen molar-refractivity contribution in [2.45, 2.75) is 110 Å². The lowest BCUT2D eigenvalue weighted by atomic mass is 10.1. The van der Waals surface area contributed by atoms with Crippen molar-refractivity contribution in [2.24, 2.45) is 0 Å². The maximum atomic E-state index is 11.9. The Kier molecular flexibility index (Phi) is 13.9. The molecule has 0 aromatic rings. The van der Waals surface area contributed by atoms with Gasteiger partial charge in [0.25, 0.3) is 0 Å². The molecule has 1 aliphatic rings. The lowest BCUT2D eigenvalue weighted by molar-refractivity contribution is -0.130. The van der Waals surface area contributed by atoms with E-state index in [4.69, 9.17) is 0 Å². The fraction of sp³-hybridized carbons (Fsp3) is 0.864. The van der Waals surface area contributed by atoms with Gasteiger partial charge in [-0.3, -0.25) is 4.79 Å². The third kappa shape index (κ3) is 11.7. The summed E-state index contributed by atoms with van der Waals surface area (Å²) in [6.45, 7) is 4.28. The van der Waals surface area contributed by atoms with Crippen molar-refractivity contribution in [3.05, 3.63) is 12.2 Å². The molecule has 24 heavy (non-hydrogen) atoms. The van der Waals surface area contributed by atoms with Crippen molar-refractivity contribution in [1.29, 1.82) is 0 Å². The maximum absolute atomic E-state index is 11.9. The van der Waals surface area contributed by atoms with Gasteiger partial charge in [-0.25, -0.2) is 0 Å². The van der Waals surface area contributed by atoms with Gasteiger partial charge in [0.1, 0.15) is 0 Å². The van der Waals surface area contributed by atoms with Crippen LogP contribution >= 0.6 is 0 Å². The topological polar surface area (TPSA) is 20.3 Å². The van der Waals surface area contributed by atoms with Gasteiger partial charge in [0.2, 0.25) is 5.91 Å². The third-order valence-corrected chi connectivity index (χ3v) is 5.11. The van der Waals surface area contributed by atoms with Crippen molar-refractivity contribution >= 4 is 5.91 Å². The van der Waals surface area contributed by atoms with E-state index in [1.54, 1.807) is 0 Å². The molecule has 140 valence electrons. The van der Waals surface area contributed by atoms with Gasteiger partial charge < -0.3 is 4.90 Å². The zero-order valence-electron chi connectivity index (χ0n) is 16.2. The third-order valence-electron chi connectivity index (χ3n) is 5.11. The van der Waals surface area contributed by atoms with E-state index in [9.17, 15) is 4.79 Å². The van der Waals surface area contributed by atoms with Gasteiger partial charge in [-0.2, -0.15) is 0 Å². The maximum Gasteiger partial charge on any atom is 0.222 e. The van der Waals surface area contributed by atoms with Crippen molar-refractivity contribution in [3.63, 3.8) is 0 Å². The van der Waals surface area contributed by atoms with Gasteiger partial charge in [0, 0.05) is 19.5 Å². The highest BCUT2D eigenvalue weighted by Gasteiger charge is 2.16. The molecule has 0 aliphatic carbocycles. The number of amides is 1. The monoisotopic (exact) mass is 335 g/mol. The van der Waals surface area contributed by atoms with Crippen LogP contribution in [0.3, 0.4) is 0 Å². The molecular weight excluding hydrogens is 294 g/mol. The van der Waals surface area contributed by atoms with Crippen LogP contribution in [0.25, 0.3) is 0 Å². The highest BCUT2D eigenvalue weighted by Crippen LogP contribution is 2.13. The van der Waals surface area contributed by atoms with Crippen LogP contribution in [-0.4, -0.2) is 23.9 Å². The summed E-state index contributed by atoms with van der Waals surface area (Å²) < 4.78 is 0. The largest absolute Gasteiger partial charge is 0.343 e. The van der Waals surface area contributed by atoms with Crippen LogP contribution in [0.4, 0.5) is 0 Å². The minimum Gasteiger partial charge on any atom is -0.343 e. The minimum absolute atomic E-state index is 0.391. The van der Waals surface area contributed by atoms with Crippen LogP contribution < -0.4 is 0 Å². The van der Waals surface area contributed by atoms with Gasteiger partial charge in [-0.15, -0.1) is 0 Å². The number of hydrogen-bond donors (Lipinski definition) is 0. The van der Waals surface area contributed by atoms with Gasteiger partial charge in [0.05, 0.1) is 0 Å². The molecule has 1 fully saturated rings. The summed E-state index contributed by atoms with van der Waals surface area (Å²) in [4.78, 5) is 13.9. The summed E-state index contributed by atoms with van der Waals surface area (Å²) in [5.74, 6) is 0.391.